The molecular formula is C8H11N3O6. The molecular weight excluding hydrogens is 234 g/mol. The van der Waals surface area contributed by atoms with Gasteiger partial charge in [-0.15, -0.1) is 0 Å². The molecule has 4 atom stereocenters. The number of aromatic nitrogens is 2. The molecule has 0 unspecified atom stereocenters. The van der Waals surface area contributed by atoms with E-state index >= 15 is 0 Å². The molecule has 1 aromatic heterocycles. The van der Waals surface area contributed by atoms with Crippen LogP contribution in [0.25, 0.3) is 0 Å². The van der Waals surface area contributed by atoms with Gasteiger partial charge in [0.1, 0.15) is 30.7 Å². The first-order valence-electron chi connectivity index (χ1n) is 5.23. The Balaban J connectivity index is 2.39. The molecule has 0 radical (unpaired) electrons. The summed E-state index contributed by atoms with van der Waals surface area (Å²) < 4.78 is 13.5. The summed E-state index contributed by atoms with van der Waals surface area (Å²) in [5.74, 6) is -0.628. The van der Waals surface area contributed by atoms with Crippen LogP contribution < -0.4 is 0 Å². The van der Waals surface area contributed by atoms with Crippen molar-refractivity contribution in [3.8, 4) is 0 Å². The first kappa shape index (κ1) is 10.6. The number of nitro groups is 1. The van der Waals surface area contributed by atoms with Crippen LogP contribution in [0.1, 0.15) is 7.60 Å². The van der Waals surface area contributed by atoms with Crippen molar-refractivity contribution in [2.75, 3.05) is 6.61 Å². The number of imidazole rings is 1. The summed E-state index contributed by atoms with van der Waals surface area (Å²) in [5.41, 5.74) is 0. The van der Waals surface area contributed by atoms with E-state index in [0.29, 0.717) is 0 Å². The third-order valence-corrected chi connectivity index (χ3v) is 2.46. The number of hydrogen-bond acceptors (Lipinski definition) is 7. The molecule has 9 heteroatoms. The highest BCUT2D eigenvalue weighted by Crippen LogP contribution is 2.31. The molecule has 0 aromatic carbocycles. The zero-order chi connectivity index (χ0) is 13.5. The van der Waals surface area contributed by atoms with E-state index in [1.165, 1.54) is 0 Å². The third-order valence-electron chi connectivity index (χ3n) is 2.46. The topological polar surface area (TPSA) is 131 Å². The van der Waals surface area contributed by atoms with Gasteiger partial charge in [0.25, 0.3) is 0 Å². The number of nitrogens with zero attached hydrogens (tertiary/aromatic N) is 3. The summed E-state index contributed by atoms with van der Waals surface area (Å²) in [5, 5.41) is 39.0. The lowest BCUT2D eigenvalue weighted by Gasteiger charge is -2.13. The first-order valence-corrected chi connectivity index (χ1v) is 4.73. The van der Waals surface area contributed by atoms with E-state index < -0.39 is 42.0 Å². The monoisotopic (exact) mass is 246 g/mol. The standard InChI is InChI=1S/C8H11N3O6/c12-3-4-5(13)6(14)7(17-4)10-2-1-9-8(10)11(15)16/h1-2,4-7,12-14H,3H2/t4-,5-,6+,7-/m1/s1/i6D. The van der Waals surface area contributed by atoms with Crippen molar-refractivity contribution in [1.29, 1.82) is 0 Å². The van der Waals surface area contributed by atoms with Crippen LogP contribution in [0.5, 0.6) is 0 Å². The normalized spacial score (nSPS) is 38.1. The van der Waals surface area contributed by atoms with E-state index in [2.05, 4.69) is 4.98 Å². The lowest BCUT2D eigenvalue weighted by Crippen LogP contribution is -2.33. The summed E-state index contributed by atoms with van der Waals surface area (Å²) in [7, 11) is 0. The lowest BCUT2D eigenvalue weighted by molar-refractivity contribution is -0.398. The average molecular weight is 246 g/mol. The number of hydrogen-bond donors (Lipinski definition) is 3. The van der Waals surface area contributed by atoms with Crippen molar-refractivity contribution >= 4 is 5.95 Å². The van der Waals surface area contributed by atoms with Gasteiger partial charge in [0.15, 0.2) is 0 Å². The highest BCUT2D eigenvalue weighted by atomic mass is 16.6. The lowest BCUT2D eigenvalue weighted by atomic mass is 10.1. The van der Waals surface area contributed by atoms with Crippen LogP contribution in [0.2, 0.25) is 0 Å². The zero-order valence-corrected chi connectivity index (χ0v) is 8.50. The Morgan fingerprint density at radius 2 is 2.41 bits per heavy atom. The molecule has 17 heavy (non-hydrogen) atoms. The van der Waals surface area contributed by atoms with Gasteiger partial charge in [0, 0.05) is 0 Å². The number of rotatable bonds is 3. The Labute approximate surface area is 96.4 Å². The van der Waals surface area contributed by atoms with E-state index in [1.807, 2.05) is 0 Å². The molecule has 1 aliphatic rings. The van der Waals surface area contributed by atoms with Crippen LogP contribution >= 0.6 is 0 Å². The fraction of sp³-hybridized carbons (Fsp3) is 0.625. The van der Waals surface area contributed by atoms with Crippen molar-refractivity contribution < 1.29 is 26.4 Å². The fourth-order valence-electron chi connectivity index (χ4n) is 1.63. The Morgan fingerprint density at radius 3 is 2.94 bits per heavy atom. The maximum absolute atomic E-state index is 10.7. The predicted molar refractivity (Wildman–Crippen MR) is 51.9 cm³/mol. The molecule has 1 fully saturated rings. The van der Waals surface area contributed by atoms with Crippen LogP contribution in [0.4, 0.5) is 5.95 Å². The van der Waals surface area contributed by atoms with Crippen molar-refractivity contribution in [3.05, 3.63) is 22.5 Å². The maximum Gasteiger partial charge on any atom is 0.436 e. The van der Waals surface area contributed by atoms with Gasteiger partial charge in [-0.25, -0.2) is 0 Å². The van der Waals surface area contributed by atoms with Gasteiger partial charge in [-0.3, -0.25) is 0 Å². The van der Waals surface area contributed by atoms with Crippen LogP contribution in [0, 0.1) is 10.1 Å². The maximum atomic E-state index is 10.7. The van der Waals surface area contributed by atoms with Crippen molar-refractivity contribution in [2.24, 2.45) is 0 Å². The highest BCUT2D eigenvalue weighted by Gasteiger charge is 2.46. The molecule has 0 saturated carbocycles. The molecule has 1 aromatic rings. The van der Waals surface area contributed by atoms with Crippen molar-refractivity contribution in [3.63, 3.8) is 0 Å². The zero-order valence-electron chi connectivity index (χ0n) is 9.50. The quantitative estimate of drug-likeness (QED) is 0.432. The van der Waals surface area contributed by atoms with Gasteiger partial charge in [-0.2, -0.15) is 4.57 Å². The molecule has 0 amide bonds. The van der Waals surface area contributed by atoms with E-state index in [1.54, 1.807) is 0 Å². The summed E-state index contributed by atoms with van der Waals surface area (Å²) in [6.45, 7) is -0.624. The van der Waals surface area contributed by atoms with E-state index in [0.717, 1.165) is 17.0 Å². The Hall–Kier alpha value is -1.55. The molecule has 0 bridgehead atoms. The van der Waals surface area contributed by atoms with Gasteiger partial charge in [-0.05, 0) is 4.92 Å². The second-order valence-electron chi connectivity index (χ2n) is 3.47. The van der Waals surface area contributed by atoms with Gasteiger partial charge in [0.05, 0.1) is 7.98 Å². The Kier molecular flexibility index (Phi) is 2.73. The van der Waals surface area contributed by atoms with Crippen LogP contribution in [0.15, 0.2) is 12.4 Å². The molecule has 94 valence electrons. The van der Waals surface area contributed by atoms with Gasteiger partial charge in [-0.1, -0.05) is 4.98 Å². The summed E-state index contributed by atoms with van der Waals surface area (Å²) in [6.07, 6.45) is -4.66. The van der Waals surface area contributed by atoms with Crippen molar-refractivity contribution in [1.82, 2.24) is 9.55 Å². The second kappa shape index (κ2) is 4.37. The SMILES string of the molecule is [2H][C@]1(O)[C@H](O)[C@@H](CO)O[C@H]1n1ccnc1[N+](=O)[O-]. The molecule has 1 saturated heterocycles. The molecule has 1 aliphatic heterocycles. The van der Waals surface area contributed by atoms with Gasteiger partial charge in [0.2, 0.25) is 6.23 Å². The molecule has 2 rings (SSSR count). The third kappa shape index (κ3) is 1.89. The van der Waals surface area contributed by atoms with E-state index in [4.69, 9.17) is 11.2 Å². The largest absolute Gasteiger partial charge is 0.436 e. The molecule has 3 N–H and O–H groups in total. The minimum atomic E-state index is -2.52. The fourth-order valence-corrected chi connectivity index (χ4v) is 1.63. The first-order chi connectivity index (χ1) is 8.39. The highest BCUT2D eigenvalue weighted by molar-refractivity contribution is 5.09. The minimum absolute atomic E-state index is 0.624. The number of ether oxygens (including phenoxy) is 1. The van der Waals surface area contributed by atoms with Crippen LogP contribution in [-0.4, -0.2) is 54.7 Å². The van der Waals surface area contributed by atoms with Crippen molar-refractivity contribution in [2.45, 2.75) is 24.5 Å². The molecule has 9 nitrogen and oxygen atoms in total. The van der Waals surface area contributed by atoms with Crippen LogP contribution in [0.3, 0.4) is 0 Å². The van der Waals surface area contributed by atoms with E-state index in [9.17, 15) is 20.3 Å². The number of aliphatic hydroxyl groups is 3. The van der Waals surface area contributed by atoms with Gasteiger partial charge >= 0.3 is 5.95 Å². The smallest absolute Gasteiger partial charge is 0.394 e. The molecule has 0 spiro atoms. The summed E-state index contributed by atoms with van der Waals surface area (Å²) in [6, 6.07) is 0. The molecule has 2 heterocycles. The minimum Gasteiger partial charge on any atom is -0.394 e. The van der Waals surface area contributed by atoms with Gasteiger partial charge < -0.3 is 30.2 Å². The second-order valence-corrected chi connectivity index (χ2v) is 3.47. The van der Waals surface area contributed by atoms with Crippen LogP contribution in [-0.2, 0) is 4.74 Å². The summed E-state index contributed by atoms with van der Waals surface area (Å²) in [4.78, 5) is 13.3. The molecule has 0 aliphatic carbocycles. The summed E-state index contributed by atoms with van der Waals surface area (Å²) >= 11 is 0. The van der Waals surface area contributed by atoms with E-state index in [-0.39, 0.29) is 0 Å². The average Bonchev–Trinajstić information content (AvgIpc) is 2.84. The predicted octanol–water partition coefficient (Wildman–Crippen LogP) is -1.60. The number of aliphatic hydroxyl groups excluding tert-OH is 2. The Morgan fingerprint density at radius 1 is 1.71 bits per heavy atom. The Bertz CT molecular complexity index is 463.